The molecule has 0 amide bonds. The summed E-state index contributed by atoms with van der Waals surface area (Å²) < 4.78 is 5.94. The van der Waals surface area contributed by atoms with Crippen LogP contribution >= 0.6 is 0 Å². The second-order valence-electron chi connectivity index (χ2n) is 4.49. The quantitative estimate of drug-likeness (QED) is 0.795. The van der Waals surface area contributed by atoms with E-state index in [1.54, 1.807) is 0 Å². The molecule has 2 N–H and O–H groups in total. The van der Waals surface area contributed by atoms with Gasteiger partial charge in [-0.1, -0.05) is 44.2 Å². The van der Waals surface area contributed by atoms with Crippen molar-refractivity contribution in [3.63, 3.8) is 0 Å². The van der Waals surface area contributed by atoms with Gasteiger partial charge in [-0.15, -0.1) is 0 Å². The molecule has 94 valence electrons. The topological polar surface area (TPSA) is 35.2 Å². The molecule has 0 aliphatic heterocycles. The van der Waals surface area contributed by atoms with Gasteiger partial charge < -0.3 is 10.5 Å². The zero-order valence-electron chi connectivity index (χ0n) is 10.9. The standard InChI is InChI=1S/C16H19NO/c1-3-12(2)13-8-4-6-10-15(13)18-16-11-7-5-9-14(16)17/h4-12H,3,17H2,1-2H3. The first kappa shape index (κ1) is 12.5. The first-order valence-electron chi connectivity index (χ1n) is 6.33. The number of hydrogen-bond donors (Lipinski definition) is 1. The van der Waals surface area contributed by atoms with E-state index < -0.39 is 0 Å². The van der Waals surface area contributed by atoms with Crippen molar-refractivity contribution in [3.8, 4) is 11.5 Å². The van der Waals surface area contributed by atoms with Crippen LogP contribution in [0, 0.1) is 0 Å². The van der Waals surface area contributed by atoms with Gasteiger partial charge in [0.05, 0.1) is 5.69 Å². The number of rotatable bonds is 4. The molecule has 2 rings (SSSR count). The van der Waals surface area contributed by atoms with Crippen molar-refractivity contribution in [3.05, 3.63) is 54.1 Å². The maximum Gasteiger partial charge on any atom is 0.150 e. The molecule has 0 spiro atoms. The normalized spacial score (nSPS) is 12.1. The summed E-state index contributed by atoms with van der Waals surface area (Å²) in [6.07, 6.45) is 1.09. The largest absolute Gasteiger partial charge is 0.455 e. The van der Waals surface area contributed by atoms with Gasteiger partial charge in [0.15, 0.2) is 0 Å². The van der Waals surface area contributed by atoms with Gasteiger partial charge in [-0.3, -0.25) is 0 Å². The molecule has 0 radical (unpaired) electrons. The smallest absolute Gasteiger partial charge is 0.150 e. The summed E-state index contributed by atoms with van der Waals surface area (Å²) in [5, 5.41) is 0. The minimum absolute atomic E-state index is 0.478. The molecule has 1 atom stereocenters. The number of anilines is 1. The van der Waals surface area contributed by atoms with Gasteiger partial charge in [-0.2, -0.15) is 0 Å². The molecule has 0 aromatic heterocycles. The van der Waals surface area contributed by atoms with Crippen LogP contribution in [0.1, 0.15) is 31.7 Å². The van der Waals surface area contributed by atoms with E-state index in [-0.39, 0.29) is 0 Å². The summed E-state index contributed by atoms with van der Waals surface area (Å²) >= 11 is 0. The van der Waals surface area contributed by atoms with Crippen molar-refractivity contribution in [1.82, 2.24) is 0 Å². The predicted molar refractivity (Wildman–Crippen MR) is 76.1 cm³/mol. The molecule has 1 unspecified atom stereocenters. The van der Waals surface area contributed by atoms with Crippen LogP contribution in [0.5, 0.6) is 11.5 Å². The molecule has 2 aromatic carbocycles. The molecule has 2 heteroatoms. The first-order valence-corrected chi connectivity index (χ1v) is 6.33. The Bertz CT molecular complexity index is 522. The lowest BCUT2D eigenvalue weighted by atomic mass is 9.98. The summed E-state index contributed by atoms with van der Waals surface area (Å²) in [6.45, 7) is 4.38. The van der Waals surface area contributed by atoms with Crippen molar-refractivity contribution in [2.24, 2.45) is 0 Å². The summed E-state index contributed by atoms with van der Waals surface area (Å²) in [4.78, 5) is 0. The zero-order chi connectivity index (χ0) is 13.0. The summed E-state index contributed by atoms with van der Waals surface area (Å²) in [6, 6.07) is 15.7. The second kappa shape index (κ2) is 5.58. The van der Waals surface area contributed by atoms with E-state index >= 15 is 0 Å². The van der Waals surface area contributed by atoms with Gasteiger partial charge in [-0.25, -0.2) is 0 Å². The highest BCUT2D eigenvalue weighted by Crippen LogP contribution is 2.33. The fourth-order valence-electron chi connectivity index (χ4n) is 1.89. The lowest BCUT2D eigenvalue weighted by Crippen LogP contribution is -1.97. The zero-order valence-corrected chi connectivity index (χ0v) is 10.9. The number of nitrogens with two attached hydrogens (primary N) is 1. The first-order chi connectivity index (χ1) is 8.72. The molecule has 0 saturated carbocycles. The van der Waals surface area contributed by atoms with Crippen LogP contribution in [0.25, 0.3) is 0 Å². The SMILES string of the molecule is CCC(C)c1ccccc1Oc1ccccc1N. The molecule has 2 aromatic rings. The molecule has 18 heavy (non-hydrogen) atoms. The number of hydrogen-bond acceptors (Lipinski definition) is 2. The Morgan fingerprint density at radius 3 is 2.28 bits per heavy atom. The van der Waals surface area contributed by atoms with Gasteiger partial charge >= 0.3 is 0 Å². The van der Waals surface area contributed by atoms with E-state index in [2.05, 4.69) is 19.9 Å². The Kier molecular flexibility index (Phi) is 3.88. The molecule has 2 nitrogen and oxygen atoms in total. The van der Waals surface area contributed by atoms with Crippen LogP contribution in [0.2, 0.25) is 0 Å². The Hall–Kier alpha value is -1.96. The third-order valence-electron chi connectivity index (χ3n) is 3.20. The Balaban J connectivity index is 2.32. The van der Waals surface area contributed by atoms with E-state index in [0.29, 0.717) is 17.4 Å². The molecule has 0 aliphatic carbocycles. The predicted octanol–water partition coefficient (Wildman–Crippen LogP) is 4.57. The van der Waals surface area contributed by atoms with Crippen LogP contribution < -0.4 is 10.5 Å². The Morgan fingerprint density at radius 2 is 1.61 bits per heavy atom. The van der Waals surface area contributed by atoms with Crippen molar-refractivity contribution in [2.45, 2.75) is 26.2 Å². The number of benzene rings is 2. The van der Waals surface area contributed by atoms with Crippen LogP contribution in [-0.2, 0) is 0 Å². The van der Waals surface area contributed by atoms with Gasteiger partial charge in [0.2, 0.25) is 0 Å². The number of ether oxygens (including phenoxy) is 1. The van der Waals surface area contributed by atoms with E-state index in [9.17, 15) is 0 Å². The minimum atomic E-state index is 0.478. The van der Waals surface area contributed by atoms with Gasteiger partial charge in [0, 0.05) is 0 Å². The summed E-state index contributed by atoms with van der Waals surface area (Å²) in [7, 11) is 0. The molecular formula is C16H19NO. The third-order valence-corrected chi connectivity index (χ3v) is 3.20. The maximum atomic E-state index is 5.94. The van der Waals surface area contributed by atoms with E-state index in [0.717, 1.165) is 12.2 Å². The highest BCUT2D eigenvalue weighted by Gasteiger charge is 2.10. The van der Waals surface area contributed by atoms with E-state index in [4.69, 9.17) is 10.5 Å². The molecule has 0 heterocycles. The monoisotopic (exact) mass is 241 g/mol. The average Bonchev–Trinajstić information content (AvgIpc) is 2.41. The summed E-state index contributed by atoms with van der Waals surface area (Å²) in [5.41, 5.74) is 7.79. The van der Waals surface area contributed by atoms with Crippen LogP contribution in [0.3, 0.4) is 0 Å². The lowest BCUT2D eigenvalue weighted by Gasteiger charge is -2.16. The van der Waals surface area contributed by atoms with Crippen molar-refractivity contribution < 1.29 is 4.74 Å². The highest BCUT2D eigenvalue weighted by molar-refractivity contribution is 5.54. The summed E-state index contributed by atoms with van der Waals surface area (Å²) in [5.74, 6) is 2.09. The van der Waals surface area contributed by atoms with E-state index in [1.165, 1.54) is 5.56 Å². The Labute approximate surface area is 108 Å². The fraction of sp³-hybridized carbons (Fsp3) is 0.250. The van der Waals surface area contributed by atoms with Crippen LogP contribution in [0.15, 0.2) is 48.5 Å². The van der Waals surface area contributed by atoms with Crippen molar-refractivity contribution in [1.29, 1.82) is 0 Å². The second-order valence-corrected chi connectivity index (χ2v) is 4.49. The fourth-order valence-corrected chi connectivity index (χ4v) is 1.89. The van der Waals surface area contributed by atoms with Crippen LogP contribution in [0.4, 0.5) is 5.69 Å². The van der Waals surface area contributed by atoms with Gasteiger partial charge in [-0.05, 0) is 36.1 Å². The van der Waals surface area contributed by atoms with E-state index in [1.807, 2.05) is 42.5 Å². The lowest BCUT2D eigenvalue weighted by molar-refractivity contribution is 0.472. The van der Waals surface area contributed by atoms with Crippen molar-refractivity contribution in [2.75, 3.05) is 5.73 Å². The van der Waals surface area contributed by atoms with Crippen molar-refractivity contribution >= 4 is 5.69 Å². The van der Waals surface area contributed by atoms with Gasteiger partial charge in [0.25, 0.3) is 0 Å². The highest BCUT2D eigenvalue weighted by atomic mass is 16.5. The molecule has 0 fully saturated rings. The Morgan fingerprint density at radius 1 is 1.00 bits per heavy atom. The third kappa shape index (κ3) is 2.65. The van der Waals surface area contributed by atoms with Crippen LogP contribution in [-0.4, -0.2) is 0 Å². The molecule has 0 bridgehead atoms. The minimum Gasteiger partial charge on any atom is -0.455 e. The average molecular weight is 241 g/mol. The molecule has 0 aliphatic rings. The molecule has 0 saturated heterocycles. The number of para-hydroxylation sites is 3. The maximum absolute atomic E-state index is 5.94. The number of nitrogen functional groups attached to an aromatic ring is 1. The molecular weight excluding hydrogens is 222 g/mol. The van der Waals surface area contributed by atoms with Gasteiger partial charge in [0.1, 0.15) is 11.5 Å².